The van der Waals surface area contributed by atoms with Crippen molar-refractivity contribution in [1.82, 2.24) is 5.32 Å². The monoisotopic (exact) mass is 318 g/mol. The number of anilines is 1. The Morgan fingerprint density at radius 1 is 1.17 bits per heavy atom. The third-order valence-corrected chi connectivity index (χ3v) is 4.24. The first kappa shape index (κ1) is 15.6. The average Bonchev–Trinajstić information content (AvgIpc) is 3.05. The molecule has 6 nitrogen and oxygen atoms in total. The van der Waals surface area contributed by atoms with Gasteiger partial charge in [-0.05, 0) is 25.0 Å². The van der Waals surface area contributed by atoms with E-state index in [1.807, 2.05) is 0 Å². The number of benzene rings is 1. The number of ether oxygens (including phenoxy) is 2. The first-order valence-electron chi connectivity index (χ1n) is 8.10. The standard InChI is InChI=1S/C17H22N2O4/c1-12(20)19(11-17(21)18-13-4-2-3-5-13)14-6-7-15-16(10-14)23-9-8-22-15/h6-7,10,13H,2-5,8-9,11H2,1H3,(H,18,21). The van der Waals surface area contributed by atoms with Gasteiger partial charge in [0.25, 0.3) is 0 Å². The molecule has 1 aromatic rings. The van der Waals surface area contributed by atoms with Crippen LogP contribution in [-0.2, 0) is 9.59 Å². The normalized spacial score (nSPS) is 16.9. The van der Waals surface area contributed by atoms with Gasteiger partial charge in [-0.3, -0.25) is 9.59 Å². The van der Waals surface area contributed by atoms with Crippen LogP contribution in [0.15, 0.2) is 18.2 Å². The van der Waals surface area contributed by atoms with E-state index >= 15 is 0 Å². The Morgan fingerprint density at radius 2 is 1.87 bits per heavy atom. The maximum Gasteiger partial charge on any atom is 0.240 e. The molecule has 3 rings (SSSR count). The molecule has 1 heterocycles. The van der Waals surface area contributed by atoms with E-state index in [1.165, 1.54) is 11.8 Å². The molecule has 2 aliphatic rings. The zero-order chi connectivity index (χ0) is 16.2. The van der Waals surface area contributed by atoms with Crippen LogP contribution in [0.2, 0.25) is 0 Å². The summed E-state index contributed by atoms with van der Waals surface area (Å²) in [6, 6.07) is 5.54. The Balaban J connectivity index is 1.70. The van der Waals surface area contributed by atoms with Gasteiger partial charge in [-0.15, -0.1) is 0 Å². The van der Waals surface area contributed by atoms with Crippen LogP contribution in [0.5, 0.6) is 11.5 Å². The third-order valence-electron chi connectivity index (χ3n) is 4.24. The number of hydrogen-bond acceptors (Lipinski definition) is 4. The van der Waals surface area contributed by atoms with Gasteiger partial charge in [0.2, 0.25) is 11.8 Å². The summed E-state index contributed by atoms with van der Waals surface area (Å²) in [6.45, 7) is 2.48. The van der Waals surface area contributed by atoms with E-state index in [4.69, 9.17) is 9.47 Å². The first-order chi connectivity index (χ1) is 11.1. The lowest BCUT2D eigenvalue weighted by atomic mass is 10.2. The summed E-state index contributed by atoms with van der Waals surface area (Å²) in [4.78, 5) is 25.6. The van der Waals surface area contributed by atoms with E-state index in [0.29, 0.717) is 30.4 Å². The molecule has 0 spiro atoms. The number of hydrogen-bond donors (Lipinski definition) is 1. The minimum atomic E-state index is -0.178. The van der Waals surface area contributed by atoms with Crippen LogP contribution in [-0.4, -0.2) is 37.6 Å². The molecular weight excluding hydrogens is 296 g/mol. The van der Waals surface area contributed by atoms with Crippen molar-refractivity contribution in [2.45, 2.75) is 38.6 Å². The summed E-state index contributed by atoms with van der Waals surface area (Å²) in [5.74, 6) is 0.973. The van der Waals surface area contributed by atoms with Crippen LogP contribution in [0.4, 0.5) is 5.69 Å². The van der Waals surface area contributed by atoms with Crippen LogP contribution in [0, 0.1) is 0 Å². The summed E-state index contributed by atoms with van der Waals surface area (Å²) in [5.41, 5.74) is 0.642. The van der Waals surface area contributed by atoms with E-state index in [2.05, 4.69) is 5.32 Å². The molecule has 1 aliphatic heterocycles. The molecule has 1 N–H and O–H groups in total. The van der Waals surface area contributed by atoms with E-state index in [9.17, 15) is 9.59 Å². The highest BCUT2D eigenvalue weighted by molar-refractivity contribution is 5.97. The van der Waals surface area contributed by atoms with Crippen LogP contribution in [0.3, 0.4) is 0 Å². The van der Waals surface area contributed by atoms with Crippen molar-refractivity contribution in [3.05, 3.63) is 18.2 Å². The van der Waals surface area contributed by atoms with Gasteiger partial charge in [0, 0.05) is 24.7 Å². The fourth-order valence-corrected chi connectivity index (χ4v) is 3.07. The lowest BCUT2D eigenvalue weighted by molar-refractivity contribution is -0.123. The number of fused-ring (bicyclic) bond motifs is 1. The van der Waals surface area contributed by atoms with Crippen molar-refractivity contribution >= 4 is 17.5 Å². The SMILES string of the molecule is CC(=O)N(CC(=O)NC1CCCC1)c1ccc2c(c1)OCCO2. The summed E-state index contributed by atoms with van der Waals surface area (Å²) in [5, 5.41) is 3.01. The smallest absolute Gasteiger partial charge is 0.240 e. The molecule has 124 valence electrons. The molecule has 0 aromatic heterocycles. The quantitative estimate of drug-likeness (QED) is 0.920. The molecule has 2 amide bonds. The zero-order valence-corrected chi connectivity index (χ0v) is 13.3. The van der Waals surface area contributed by atoms with E-state index in [1.54, 1.807) is 18.2 Å². The van der Waals surface area contributed by atoms with E-state index < -0.39 is 0 Å². The molecule has 6 heteroatoms. The highest BCUT2D eigenvalue weighted by Gasteiger charge is 2.22. The first-order valence-corrected chi connectivity index (χ1v) is 8.10. The van der Waals surface area contributed by atoms with Crippen molar-refractivity contribution in [1.29, 1.82) is 0 Å². The topological polar surface area (TPSA) is 67.9 Å². The Kier molecular flexibility index (Phi) is 4.69. The Labute approximate surface area is 135 Å². The number of amides is 2. The fraction of sp³-hybridized carbons (Fsp3) is 0.529. The van der Waals surface area contributed by atoms with Crippen molar-refractivity contribution in [3.8, 4) is 11.5 Å². The fourth-order valence-electron chi connectivity index (χ4n) is 3.07. The van der Waals surface area contributed by atoms with Gasteiger partial charge in [0.15, 0.2) is 11.5 Å². The van der Waals surface area contributed by atoms with E-state index in [0.717, 1.165) is 25.7 Å². The van der Waals surface area contributed by atoms with Crippen molar-refractivity contribution in [2.24, 2.45) is 0 Å². The van der Waals surface area contributed by atoms with Gasteiger partial charge in [-0.2, -0.15) is 0 Å². The van der Waals surface area contributed by atoms with Gasteiger partial charge in [0.05, 0.1) is 0 Å². The van der Waals surface area contributed by atoms with Gasteiger partial charge in [0.1, 0.15) is 19.8 Å². The molecule has 0 saturated heterocycles. The van der Waals surface area contributed by atoms with Gasteiger partial charge in [-0.1, -0.05) is 12.8 Å². The van der Waals surface area contributed by atoms with E-state index in [-0.39, 0.29) is 24.4 Å². The molecule has 1 aliphatic carbocycles. The molecule has 1 aromatic carbocycles. The Hall–Kier alpha value is -2.24. The third kappa shape index (κ3) is 3.75. The molecule has 0 atom stereocenters. The predicted octanol–water partition coefficient (Wildman–Crippen LogP) is 1.87. The minimum absolute atomic E-state index is 0.0193. The Bertz CT molecular complexity index is 596. The van der Waals surface area contributed by atoms with Crippen molar-refractivity contribution in [2.75, 3.05) is 24.7 Å². The highest BCUT2D eigenvalue weighted by Crippen LogP contribution is 2.34. The number of rotatable bonds is 4. The largest absolute Gasteiger partial charge is 0.486 e. The Morgan fingerprint density at radius 3 is 2.57 bits per heavy atom. The second kappa shape index (κ2) is 6.89. The van der Waals surface area contributed by atoms with Crippen LogP contribution >= 0.6 is 0 Å². The van der Waals surface area contributed by atoms with Gasteiger partial charge >= 0.3 is 0 Å². The average molecular weight is 318 g/mol. The zero-order valence-electron chi connectivity index (χ0n) is 13.3. The lowest BCUT2D eigenvalue weighted by Gasteiger charge is -2.24. The molecule has 0 radical (unpaired) electrons. The molecule has 1 fully saturated rings. The van der Waals surface area contributed by atoms with Crippen molar-refractivity contribution < 1.29 is 19.1 Å². The van der Waals surface area contributed by atoms with Crippen molar-refractivity contribution in [3.63, 3.8) is 0 Å². The number of carbonyl (C=O) groups excluding carboxylic acids is 2. The number of carbonyl (C=O) groups is 2. The highest BCUT2D eigenvalue weighted by atomic mass is 16.6. The maximum absolute atomic E-state index is 12.2. The molecule has 23 heavy (non-hydrogen) atoms. The summed E-state index contributed by atoms with van der Waals surface area (Å²) in [7, 11) is 0. The maximum atomic E-state index is 12.2. The van der Waals surface area contributed by atoms with Gasteiger partial charge < -0.3 is 19.7 Å². The second-order valence-corrected chi connectivity index (χ2v) is 5.98. The summed E-state index contributed by atoms with van der Waals surface area (Å²) >= 11 is 0. The molecular formula is C17H22N2O4. The van der Waals surface area contributed by atoms with Crippen LogP contribution < -0.4 is 19.7 Å². The summed E-state index contributed by atoms with van der Waals surface area (Å²) < 4.78 is 11.0. The predicted molar refractivity (Wildman–Crippen MR) is 85.9 cm³/mol. The second-order valence-electron chi connectivity index (χ2n) is 5.98. The van der Waals surface area contributed by atoms with Crippen LogP contribution in [0.1, 0.15) is 32.6 Å². The number of nitrogens with zero attached hydrogens (tertiary/aromatic N) is 1. The molecule has 0 unspecified atom stereocenters. The molecule has 0 bridgehead atoms. The minimum Gasteiger partial charge on any atom is -0.486 e. The van der Waals surface area contributed by atoms with Crippen LogP contribution in [0.25, 0.3) is 0 Å². The number of nitrogens with one attached hydrogen (secondary N) is 1. The summed E-state index contributed by atoms with van der Waals surface area (Å²) in [6.07, 6.45) is 4.36. The molecule has 1 saturated carbocycles. The van der Waals surface area contributed by atoms with Gasteiger partial charge in [-0.25, -0.2) is 0 Å². The lowest BCUT2D eigenvalue weighted by Crippen LogP contribution is -2.43.